The molecule has 0 spiro atoms. The first-order valence-electron chi connectivity index (χ1n) is 9.20. The highest BCUT2D eigenvalue weighted by molar-refractivity contribution is 7.89. The summed E-state index contributed by atoms with van der Waals surface area (Å²) in [5, 5.41) is 4.08. The Morgan fingerprint density at radius 1 is 1.11 bits per heavy atom. The van der Waals surface area contributed by atoms with Gasteiger partial charge in [-0.1, -0.05) is 18.0 Å². The molecule has 0 N–H and O–H groups in total. The van der Waals surface area contributed by atoms with E-state index in [2.05, 4.69) is 10.1 Å². The standard InChI is InChI=1S/C20H20FN3O3S/c21-16-9-7-15(8-10-16)18-13-20(27-23-18)19-6-2-1-3-12-24(19)28(25,26)17-5-4-11-22-14-17/h4-5,7-11,13-14,19H,1-3,6,12H2/t19-/m0/s1. The summed E-state index contributed by atoms with van der Waals surface area (Å²) < 4.78 is 46.6. The van der Waals surface area contributed by atoms with E-state index in [0.717, 1.165) is 19.3 Å². The molecule has 0 saturated carbocycles. The van der Waals surface area contributed by atoms with Gasteiger partial charge < -0.3 is 4.52 Å². The Labute approximate surface area is 163 Å². The van der Waals surface area contributed by atoms with Gasteiger partial charge >= 0.3 is 0 Å². The van der Waals surface area contributed by atoms with E-state index in [9.17, 15) is 12.8 Å². The van der Waals surface area contributed by atoms with Crippen LogP contribution in [-0.2, 0) is 10.0 Å². The minimum Gasteiger partial charge on any atom is -0.359 e. The van der Waals surface area contributed by atoms with Gasteiger partial charge in [0.2, 0.25) is 10.0 Å². The first-order valence-corrected chi connectivity index (χ1v) is 10.6. The zero-order chi connectivity index (χ0) is 19.6. The maximum Gasteiger partial charge on any atom is 0.245 e. The van der Waals surface area contributed by atoms with E-state index in [1.807, 2.05) is 0 Å². The molecule has 1 saturated heterocycles. The third kappa shape index (κ3) is 3.70. The van der Waals surface area contributed by atoms with Crippen molar-refractivity contribution in [3.05, 3.63) is 66.4 Å². The Morgan fingerprint density at radius 2 is 1.93 bits per heavy atom. The number of pyridine rings is 1. The molecule has 28 heavy (non-hydrogen) atoms. The lowest BCUT2D eigenvalue weighted by molar-refractivity contribution is 0.259. The smallest absolute Gasteiger partial charge is 0.245 e. The van der Waals surface area contributed by atoms with Gasteiger partial charge in [-0.25, -0.2) is 12.8 Å². The molecule has 0 unspecified atom stereocenters. The fourth-order valence-corrected chi connectivity index (χ4v) is 5.12. The predicted octanol–water partition coefficient (Wildman–Crippen LogP) is 4.18. The minimum atomic E-state index is -3.71. The van der Waals surface area contributed by atoms with Crippen molar-refractivity contribution in [1.29, 1.82) is 0 Å². The van der Waals surface area contributed by atoms with Crippen LogP contribution in [-0.4, -0.2) is 29.4 Å². The molecule has 0 bridgehead atoms. The molecule has 3 heterocycles. The van der Waals surface area contributed by atoms with Crippen molar-refractivity contribution < 1.29 is 17.3 Å². The molecule has 1 fully saturated rings. The zero-order valence-electron chi connectivity index (χ0n) is 15.2. The number of nitrogens with zero attached hydrogens (tertiary/aromatic N) is 3. The van der Waals surface area contributed by atoms with Crippen molar-refractivity contribution in [1.82, 2.24) is 14.4 Å². The molecule has 2 aromatic heterocycles. The van der Waals surface area contributed by atoms with E-state index in [0.29, 0.717) is 30.0 Å². The van der Waals surface area contributed by atoms with Gasteiger partial charge in [0.25, 0.3) is 0 Å². The average Bonchev–Trinajstić information content (AvgIpc) is 3.06. The highest BCUT2D eigenvalue weighted by atomic mass is 32.2. The lowest BCUT2D eigenvalue weighted by atomic mass is 10.1. The van der Waals surface area contributed by atoms with Gasteiger partial charge in [-0.15, -0.1) is 0 Å². The molecular formula is C20H20FN3O3S. The summed E-state index contributed by atoms with van der Waals surface area (Å²) in [5.74, 6) is 0.165. The molecule has 1 aromatic carbocycles. The third-order valence-corrected chi connectivity index (χ3v) is 6.83. The molecule has 6 nitrogen and oxygen atoms in total. The van der Waals surface area contributed by atoms with Crippen molar-refractivity contribution in [2.24, 2.45) is 0 Å². The summed E-state index contributed by atoms with van der Waals surface area (Å²) in [6, 6.07) is 10.4. The number of aromatic nitrogens is 2. The predicted molar refractivity (Wildman–Crippen MR) is 101 cm³/mol. The van der Waals surface area contributed by atoms with Crippen LogP contribution in [0.4, 0.5) is 4.39 Å². The van der Waals surface area contributed by atoms with E-state index in [4.69, 9.17) is 4.52 Å². The highest BCUT2D eigenvalue weighted by Crippen LogP contribution is 2.36. The molecule has 1 aliphatic rings. The molecule has 4 rings (SSSR count). The average molecular weight is 401 g/mol. The van der Waals surface area contributed by atoms with Gasteiger partial charge in [-0.05, 0) is 49.2 Å². The number of halogens is 1. The Morgan fingerprint density at radius 3 is 2.68 bits per heavy atom. The molecule has 3 aromatic rings. The molecule has 0 amide bonds. The summed E-state index contributed by atoms with van der Waals surface area (Å²) in [5.41, 5.74) is 1.27. The topological polar surface area (TPSA) is 76.3 Å². The molecule has 8 heteroatoms. The van der Waals surface area contributed by atoms with Gasteiger partial charge in [-0.2, -0.15) is 4.31 Å². The van der Waals surface area contributed by atoms with E-state index in [1.165, 1.54) is 22.6 Å². The van der Waals surface area contributed by atoms with E-state index >= 15 is 0 Å². The molecule has 0 radical (unpaired) electrons. The van der Waals surface area contributed by atoms with Gasteiger partial charge in [0.15, 0.2) is 5.76 Å². The highest BCUT2D eigenvalue weighted by Gasteiger charge is 2.35. The van der Waals surface area contributed by atoms with Crippen molar-refractivity contribution in [3.63, 3.8) is 0 Å². The maximum atomic E-state index is 13.2. The van der Waals surface area contributed by atoms with Gasteiger partial charge in [0, 0.05) is 30.6 Å². The van der Waals surface area contributed by atoms with Crippen LogP contribution >= 0.6 is 0 Å². The third-order valence-electron chi connectivity index (χ3n) is 4.94. The molecule has 146 valence electrons. The van der Waals surface area contributed by atoms with Crippen LogP contribution in [0.1, 0.15) is 37.5 Å². The van der Waals surface area contributed by atoms with E-state index in [1.54, 1.807) is 36.5 Å². The summed E-state index contributed by atoms with van der Waals surface area (Å²) in [6.07, 6.45) is 6.20. The van der Waals surface area contributed by atoms with Crippen molar-refractivity contribution in [3.8, 4) is 11.3 Å². The first-order chi connectivity index (χ1) is 13.6. The lowest BCUT2D eigenvalue weighted by Crippen LogP contribution is -2.34. The molecule has 0 aliphatic carbocycles. The Kier molecular flexibility index (Phi) is 5.23. The summed E-state index contributed by atoms with van der Waals surface area (Å²) in [7, 11) is -3.71. The van der Waals surface area contributed by atoms with Crippen LogP contribution in [0.5, 0.6) is 0 Å². The van der Waals surface area contributed by atoms with Crippen molar-refractivity contribution in [2.75, 3.05) is 6.54 Å². The molecule has 1 atom stereocenters. The summed E-state index contributed by atoms with van der Waals surface area (Å²) >= 11 is 0. The van der Waals surface area contributed by atoms with Crippen LogP contribution in [0.25, 0.3) is 11.3 Å². The minimum absolute atomic E-state index is 0.167. The van der Waals surface area contributed by atoms with Crippen molar-refractivity contribution >= 4 is 10.0 Å². The van der Waals surface area contributed by atoms with Gasteiger partial charge in [0.1, 0.15) is 16.4 Å². The van der Waals surface area contributed by atoms with Gasteiger partial charge in [-0.3, -0.25) is 4.98 Å². The number of sulfonamides is 1. The second-order valence-electron chi connectivity index (χ2n) is 6.79. The van der Waals surface area contributed by atoms with E-state index < -0.39 is 16.1 Å². The van der Waals surface area contributed by atoms with Crippen LogP contribution in [0, 0.1) is 5.82 Å². The lowest BCUT2D eigenvalue weighted by Gasteiger charge is -2.27. The number of benzene rings is 1. The Balaban J connectivity index is 1.69. The molecule has 1 aliphatic heterocycles. The number of rotatable bonds is 4. The van der Waals surface area contributed by atoms with Crippen molar-refractivity contribution in [2.45, 2.75) is 36.6 Å². The number of hydrogen-bond acceptors (Lipinski definition) is 5. The fourth-order valence-electron chi connectivity index (χ4n) is 3.49. The quantitative estimate of drug-likeness (QED) is 0.655. The van der Waals surface area contributed by atoms with Crippen LogP contribution in [0.15, 0.2) is 64.3 Å². The number of hydrogen-bond donors (Lipinski definition) is 0. The summed E-state index contributed by atoms with van der Waals surface area (Å²) in [4.78, 5) is 4.11. The van der Waals surface area contributed by atoms with E-state index in [-0.39, 0.29) is 10.7 Å². The molecular weight excluding hydrogens is 381 g/mol. The summed E-state index contributed by atoms with van der Waals surface area (Å²) in [6.45, 7) is 0.411. The largest absolute Gasteiger partial charge is 0.359 e. The maximum absolute atomic E-state index is 13.2. The SMILES string of the molecule is O=S(=O)(c1cccnc1)N1CCCCC[C@H]1c1cc(-c2ccc(F)cc2)no1. The first kappa shape index (κ1) is 18.8. The Bertz CT molecular complexity index is 1040. The van der Waals surface area contributed by atoms with Crippen LogP contribution in [0.2, 0.25) is 0 Å². The second kappa shape index (κ2) is 7.81. The zero-order valence-corrected chi connectivity index (χ0v) is 16.0. The Hall–Kier alpha value is -2.58. The fraction of sp³-hybridized carbons (Fsp3) is 0.300. The van der Waals surface area contributed by atoms with Gasteiger partial charge in [0.05, 0.1) is 6.04 Å². The van der Waals surface area contributed by atoms with Crippen LogP contribution in [0.3, 0.4) is 0 Å². The second-order valence-corrected chi connectivity index (χ2v) is 8.68. The monoisotopic (exact) mass is 401 g/mol. The van der Waals surface area contributed by atoms with Crippen LogP contribution < -0.4 is 0 Å². The normalized spacial score (nSPS) is 18.7.